The van der Waals surface area contributed by atoms with E-state index in [1.165, 1.54) is 0 Å². The number of methoxy groups -OCH3 is 1. The lowest BCUT2D eigenvalue weighted by molar-refractivity contribution is -0.118. The molecule has 2 aromatic carbocycles. The molecule has 0 unspecified atom stereocenters. The number of ether oxygens (including phenoxy) is 1. The van der Waals surface area contributed by atoms with Crippen molar-refractivity contribution in [2.24, 2.45) is 0 Å². The van der Waals surface area contributed by atoms with E-state index in [0.29, 0.717) is 22.4 Å². The van der Waals surface area contributed by atoms with Crippen LogP contribution in [0, 0.1) is 0 Å². The molecule has 0 bridgehead atoms. The van der Waals surface area contributed by atoms with E-state index in [1.54, 1.807) is 13.3 Å². The normalized spacial score (nSPS) is 14.1. The zero-order valence-electron chi connectivity index (χ0n) is 17.2. The topological polar surface area (TPSA) is 106 Å². The highest BCUT2D eigenvalue weighted by Crippen LogP contribution is 2.49. The number of hydrogen-bond donors (Lipinski definition) is 2. The first-order valence-corrected chi connectivity index (χ1v) is 10.4. The van der Waals surface area contributed by atoms with E-state index in [2.05, 4.69) is 30.9 Å². The molecule has 0 spiro atoms. The molecule has 0 saturated heterocycles. The van der Waals surface area contributed by atoms with Crippen LogP contribution < -0.4 is 10.1 Å². The standard InChI is InChI=1S/C23H19ClN6O2/c1-32-20-11-14(7-10-25-20)18-6-5-17(13-19(18)21-27-29-30-28-21)26-22(31)23(8-9-23)15-3-2-4-16(24)12-15/h2-7,10-13H,8-9H2,1H3,(H,26,31)(H,27,28,29,30). The molecule has 9 heteroatoms. The summed E-state index contributed by atoms with van der Waals surface area (Å²) in [6.07, 6.45) is 3.24. The van der Waals surface area contributed by atoms with E-state index in [0.717, 1.165) is 35.1 Å². The summed E-state index contributed by atoms with van der Waals surface area (Å²) in [6.45, 7) is 0. The first kappa shape index (κ1) is 20.1. The number of amides is 1. The largest absolute Gasteiger partial charge is 0.481 e. The number of nitrogens with one attached hydrogen (secondary N) is 2. The number of H-pyrrole nitrogens is 1. The number of carbonyl (C=O) groups excluding carboxylic acids is 1. The van der Waals surface area contributed by atoms with Gasteiger partial charge < -0.3 is 10.1 Å². The molecule has 8 nitrogen and oxygen atoms in total. The molecule has 160 valence electrons. The van der Waals surface area contributed by atoms with E-state index in [1.807, 2.05) is 54.6 Å². The third-order valence-electron chi connectivity index (χ3n) is 5.68. The summed E-state index contributed by atoms with van der Waals surface area (Å²) in [6, 6.07) is 16.8. The van der Waals surface area contributed by atoms with Gasteiger partial charge in [-0.1, -0.05) is 29.8 Å². The van der Waals surface area contributed by atoms with Crippen LogP contribution in [-0.4, -0.2) is 38.6 Å². The Bertz CT molecular complexity index is 1290. The molecule has 1 aliphatic carbocycles. The van der Waals surface area contributed by atoms with Gasteiger partial charge in [0.25, 0.3) is 0 Å². The SMILES string of the molecule is COc1cc(-c2ccc(NC(=O)C3(c4cccc(Cl)c4)CC3)cc2-c2nn[nH]n2)ccn1. The number of aromatic nitrogens is 5. The van der Waals surface area contributed by atoms with Crippen LogP contribution in [0.2, 0.25) is 5.02 Å². The number of hydrogen-bond acceptors (Lipinski definition) is 6. The molecule has 5 rings (SSSR count). The molecule has 0 atom stereocenters. The zero-order chi connectivity index (χ0) is 22.1. The predicted molar refractivity (Wildman–Crippen MR) is 120 cm³/mol. The molecule has 0 aliphatic heterocycles. The Balaban J connectivity index is 1.49. The van der Waals surface area contributed by atoms with E-state index in [4.69, 9.17) is 16.3 Å². The highest BCUT2D eigenvalue weighted by molar-refractivity contribution is 6.30. The fourth-order valence-corrected chi connectivity index (χ4v) is 4.02. The number of benzene rings is 2. The number of tetrazole rings is 1. The van der Waals surface area contributed by atoms with Crippen molar-refractivity contribution < 1.29 is 9.53 Å². The van der Waals surface area contributed by atoms with Crippen molar-refractivity contribution in [1.82, 2.24) is 25.6 Å². The third kappa shape index (κ3) is 3.69. The lowest BCUT2D eigenvalue weighted by Crippen LogP contribution is -2.27. The average Bonchev–Trinajstić information content (AvgIpc) is 3.46. The van der Waals surface area contributed by atoms with E-state index < -0.39 is 5.41 Å². The molecule has 32 heavy (non-hydrogen) atoms. The molecule has 0 radical (unpaired) electrons. The van der Waals surface area contributed by atoms with E-state index >= 15 is 0 Å². The quantitative estimate of drug-likeness (QED) is 0.458. The summed E-state index contributed by atoms with van der Waals surface area (Å²) in [5.41, 5.74) is 3.49. The molecular formula is C23H19ClN6O2. The second-order valence-corrected chi connectivity index (χ2v) is 8.07. The fraction of sp³-hybridized carbons (Fsp3) is 0.174. The number of anilines is 1. The van der Waals surface area contributed by atoms with Crippen LogP contribution in [0.25, 0.3) is 22.5 Å². The third-order valence-corrected chi connectivity index (χ3v) is 5.92. The maximum absolute atomic E-state index is 13.2. The molecule has 1 saturated carbocycles. The Morgan fingerprint density at radius 1 is 1.12 bits per heavy atom. The second-order valence-electron chi connectivity index (χ2n) is 7.63. The number of halogens is 1. The van der Waals surface area contributed by atoms with Crippen LogP contribution >= 0.6 is 11.6 Å². The van der Waals surface area contributed by atoms with Gasteiger partial charge >= 0.3 is 0 Å². The van der Waals surface area contributed by atoms with Gasteiger partial charge in [0.1, 0.15) is 0 Å². The zero-order valence-corrected chi connectivity index (χ0v) is 17.9. The summed E-state index contributed by atoms with van der Waals surface area (Å²) in [5.74, 6) is 0.858. The maximum atomic E-state index is 13.2. The first-order chi connectivity index (χ1) is 15.6. The van der Waals surface area contributed by atoms with Crippen LogP contribution in [0.1, 0.15) is 18.4 Å². The summed E-state index contributed by atoms with van der Waals surface area (Å²) in [4.78, 5) is 17.4. The number of rotatable bonds is 6. The highest BCUT2D eigenvalue weighted by Gasteiger charge is 2.51. The predicted octanol–water partition coefficient (Wildman–Crippen LogP) is 4.26. The lowest BCUT2D eigenvalue weighted by atomic mass is 9.94. The van der Waals surface area contributed by atoms with Gasteiger partial charge in [-0.2, -0.15) is 5.21 Å². The monoisotopic (exact) mass is 446 g/mol. The molecule has 4 aromatic rings. The van der Waals surface area contributed by atoms with Crippen LogP contribution in [-0.2, 0) is 10.2 Å². The van der Waals surface area contributed by atoms with Crippen molar-refractivity contribution in [2.45, 2.75) is 18.3 Å². The van der Waals surface area contributed by atoms with Crippen molar-refractivity contribution in [3.05, 3.63) is 71.4 Å². The summed E-state index contributed by atoms with van der Waals surface area (Å²) in [7, 11) is 1.57. The molecule has 2 aromatic heterocycles. The minimum Gasteiger partial charge on any atom is -0.481 e. The van der Waals surface area contributed by atoms with Crippen molar-refractivity contribution in [1.29, 1.82) is 0 Å². The van der Waals surface area contributed by atoms with Crippen molar-refractivity contribution in [3.63, 3.8) is 0 Å². The number of pyridine rings is 1. The van der Waals surface area contributed by atoms with Gasteiger partial charge in [0.05, 0.1) is 12.5 Å². The van der Waals surface area contributed by atoms with Gasteiger partial charge in [-0.3, -0.25) is 4.79 Å². The van der Waals surface area contributed by atoms with Crippen molar-refractivity contribution in [2.75, 3.05) is 12.4 Å². The number of nitrogens with zero attached hydrogens (tertiary/aromatic N) is 4. The number of carbonyl (C=O) groups is 1. The minimum atomic E-state index is -0.547. The molecule has 1 fully saturated rings. The highest BCUT2D eigenvalue weighted by atomic mass is 35.5. The molecular weight excluding hydrogens is 428 g/mol. The van der Waals surface area contributed by atoms with Gasteiger partial charge in [-0.05, 0) is 65.1 Å². The Morgan fingerprint density at radius 2 is 2.00 bits per heavy atom. The molecule has 2 N–H and O–H groups in total. The van der Waals surface area contributed by atoms with Gasteiger partial charge in [0, 0.05) is 28.5 Å². The Morgan fingerprint density at radius 3 is 2.72 bits per heavy atom. The van der Waals surface area contributed by atoms with Crippen LogP contribution in [0.4, 0.5) is 5.69 Å². The Kier molecular flexibility index (Phi) is 5.07. The van der Waals surface area contributed by atoms with Gasteiger partial charge in [-0.15, -0.1) is 10.2 Å². The molecule has 2 heterocycles. The Labute approximate surface area is 189 Å². The molecule has 1 aliphatic rings. The maximum Gasteiger partial charge on any atom is 0.235 e. The second kappa shape index (κ2) is 8.05. The summed E-state index contributed by atoms with van der Waals surface area (Å²) in [5, 5.41) is 18.1. The van der Waals surface area contributed by atoms with Crippen LogP contribution in [0.3, 0.4) is 0 Å². The summed E-state index contributed by atoms with van der Waals surface area (Å²) < 4.78 is 5.25. The van der Waals surface area contributed by atoms with Gasteiger partial charge in [0.15, 0.2) is 0 Å². The number of aromatic amines is 1. The average molecular weight is 447 g/mol. The lowest BCUT2D eigenvalue weighted by Gasteiger charge is -2.17. The Hall–Kier alpha value is -3.78. The minimum absolute atomic E-state index is 0.0582. The summed E-state index contributed by atoms with van der Waals surface area (Å²) >= 11 is 6.15. The van der Waals surface area contributed by atoms with Crippen LogP contribution in [0.15, 0.2) is 60.8 Å². The van der Waals surface area contributed by atoms with Crippen molar-refractivity contribution in [3.8, 4) is 28.4 Å². The smallest absolute Gasteiger partial charge is 0.235 e. The van der Waals surface area contributed by atoms with Gasteiger partial charge in [-0.25, -0.2) is 4.98 Å². The first-order valence-electron chi connectivity index (χ1n) is 10.0. The molecule has 1 amide bonds. The van der Waals surface area contributed by atoms with Crippen LogP contribution in [0.5, 0.6) is 5.88 Å². The van der Waals surface area contributed by atoms with E-state index in [-0.39, 0.29) is 5.91 Å². The van der Waals surface area contributed by atoms with Crippen molar-refractivity contribution >= 4 is 23.2 Å². The fourth-order valence-electron chi connectivity index (χ4n) is 3.83. The van der Waals surface area contributed by atoms with Gasteiger partial charge in [0.2, 0.25) is 17.6 Å². The van der Waals surface area contributed by atoms with E-state index in [9.17, 15) is 4.79 Å².